The average molecular weight is 1390 g/mol. The molecule has 0 saturated carbocycles. The van der Waals surface area contributed by atoms with Crippen molar-refractivity contribution in [3.05, 3.63) is 45.7 Å². The summed E-state index contributed by atoms with van der Waals surface area (Å²) in [6, 6.07) is 0. The molecule has 0 spiro atoms. The Morgan fingerprint density at radius 1 is 0.542 bits per heavy atom. The van der Waals surface area contributed by atoms with Gasteiger partial charge in [0.2, 0.25) is 0 Å². The summed E-state index contributed by atoms with van der Waals surface area (Å²) in [5.41, 5.74) is 0.173. The first-order chi connectivity index (χ1) is 27.6. The first-order valence-corrected chi connectivity index (χ1v) is 22.6. The zero-order valence-corrected chi connectivity index (χ0v) is 42.3. The molecule has 0 aromatic heterocycles. The molecular weight excluding hydrogens is 1350 g/mol. The zero-order valence-electron chi connectivity index (χ0n) is 31.5. The number of hydrogen-bond acceptors (Lipinski definition) is 14. The second-order valence-corrected chi connectivity index (χ2v) is 18.1. The van der Waals surface area contributed by atoms with Gasteiger partial charge < -0.3 is 71.9 Å². The van der Waals surface area contributed by atoms with E-state index < -0.39 is 86.3 Å². The number of anilines is 2. The Morgan fingerprint density at radius 2 is 0.898 bits per heavy atom. The number of hydrogen-bond donors (Lipinski definition) is 12. The molecule has 0 bridgehead atoms. The number of halogens is 5. The molecule has 0 heterocycles. The second kappa shape index (κ2) is 25.0. The normalized spacial score (nSPS) is 13.2. The van der Waals surface area contributed by atoms with Gasteiger partial charge >= 0.3 is 0 Å². The second-order valence-electron chi connectivity index (χ2n) is 12.7. The highest BCUT2D eigenvalue weighted by Crippen LogP contribution is 2.37. The quantitative estimate of drug-likeness (QED) is 0.0709. The maximum Gasteiger partial charge on any atom is 0.255 e. The maximum atomic E-state index is 14.1. The Morgan fingerprint density at radius 3 is 1.31 bits per heavy atom. The third-order valence-corrected chi connectivity index (χ3v) is 13.8. The van der Waals surface area contributed by atoms with Crippen LogP contribution in [0.15, 0.2) is 0 Å². The van der Waals surface area contributed by atoms with Gasteiger partial charge in [-0.2, -0.15) is 0 Å². The predicted molar refractivity (Wildman–Crippen MR) is 254 cm³/mol. The van der Waals surface area contributed by atoms with Gasteiger partial charge in [0.15, 0.2) is 12.2 Å². The molecule has 59 heavy (non-hydrogen) atoms. The molecule has 0 aliphatic carbocycles. The highest BCUT2D eigenvalue weighted by atomic mass is 127. The summed E-state index contributed by atoms with van der Waals surface area (Å²) in [5, 5.41) is 86.3. The van der Waals surface area contributed by atoms with Crippen molar-refractivity contribution in [2.75, 3.05) is 77.3 Å². The van der Waals surface area contributed by atoms with E-state index in [2.05, 4.69) is 21.3 Å². The SMILES string of the molecule is Cc1c(NC(=O)C(O)CO)c(I)c(C(=O)NCC(O)CO)c(I)c1C(=O)N(C)CCCN(C)C(=O)c1c(I)c(NC(=O)C(O)CO)c(I)c(C(=O)NCC(O)CO)c1I. The van der Waals surface area contributed by atoms with Crippen LogP contribution in [0.1, 0.15) is 53.4 Å². The van der Waals surface area contributed by atoms with Crippen molar-refractivity contribution in [3.8, 4) is 0 Å². The number of benzene rings is 2. The van der Waals surface area contributed by atoms with Crippen molar-refractivity contribution in [1.82, 2.24) is 20.4 Å². The summed E-state index contributed by atoms with van der Waals surface area (Å²) in [5.74, 6) is -4.67. The van der Waals surface area contributed by atoms with Gasteiger partial charge in [0.05, 0.1) is 83.0 Å². The highest BCUT2D eigenvalue weighted by molar-refractivity contribution is 14.1. The van der Waals surface area contributed by atoms with Gasteiger partial charge in [-0.05, 0) is 132 Å². The van der Waals surface area contributed by atoms with Crippen LogP contribution >= 0.6 is 113 Å². The molecule has 0 aliphatic rings. The summed E-state index contributed by atoms with van der Waals surface area (Å²) in [7, 11) is 2.95. The third-order valence-electron chi connectivity index (χ3n) is 8.37. The Bertz CT molecular complexity index is 1790. The molecule has 0 fully saturated rings. The lowest BCUT2D eigenvalue weighted by Gasteiger charge is -2.26. The van der Waals surface area contributed by atoms with E-state index >= 15 is 0 Å². The first kappa shape index (κ1) is 53.7. The summed E-state index contributed by atoms with van der Waals surface area (Å²) < 4.78 is 0.944. The molecular formula is C34H43I5N6O14. The van der Waals surface area contributed by atoms with Gasteiger partial charge in [-0.25, -0.2) is 0 Å². The lowest BCUT2D eigenvalue weighted by atomic mass is 10.00. The number of amides is 6. The molecule has 12 N–H and O–H groups in total. The molecule has 0 saturated heterocycles. The molecule has 2 rings (SSSR count). The molecule has 6 amide bonds. The number of carbonyl (C=O) groups is 6. The summed E-state index contributed by atoms with van der Waals surface area (Å²) in [4.78, 5) is 82.8. The largest absolute Gasteiger partial charge is 0.394 e. The Hall–Kier alpha value is -1.41. The summed E-state index contributed by atoms with van der Waals surface area (Å²) in [6.07, 6.45) is -5.99. The fourth-order valence-electron chi connectivity index (χ4n) is 5.00. The van der Waals surface area contributed by atoms with Crippen molar-refractivity contribution in [3.63, 3.8) is 0 Å². The van der Waals surface area contributed by atoms with Gasteiger partial charge in [-0.15, -0.1) is 0 Å². The molecule has 4 atom stereocenters. The van der Waals surface area contributed by atoms with Crippen molar-refractivity contribution in [2.45, 2.75) is 37.8 Å². The number of rotatable bonds is 20. The highest BCUT2D eigenvalue weighted by Gasteiger charge is 2.33. The number of nitrogens with zero attached hydrogens (tertiary/aromatic N) is 2. The Balaban J connectivity index is 2.49. The van der Waals surface area contributed by atoms with Crippen LogP contribution in [0.5, 0.6) is 0 Å². The Kier molecular flexibility index (Phi) is 22.8. The van der Waals surface area contributed by atoms with Crippen LogP contribution in [-0.2, 0) is 9.59 Å². The standard InChI is InChI=1S/C34H43I5N6O14/c1-13-18(22(35)19(31(56)40-7-14(50)9-46)24(37)27(13)42-29(54)16(52)11-48)33(58)44(2)5-4-6-45(3)34(59)21-23(36)20(32(57)41-8-15(51)10-47)25(38)28(26(21)39)43-30(55)17(53)12-49/h14-17,46-53H,4-12H2,1-3H3,(H,40,56)(H,41,57)(H,42,54)(H,43,55). The van der Waals surface area contributed by atoms with E-state index in [1.54, 1.807) is 45.2 Å². The number of nitrogens with one attached hydrogen (secondary N) is 4. The lowest BCUT2D eigenvalue weighted by Crippen LogP contribution is -2.37. The molecule has 0 aliphatic heterocycles. The van der Waals surface area contributed by atoms with Gasteiger partial charge in [0, 0.05) is 47.4 Å². The van der Waals surface area contributed by atoms with Crippen LogP contribution in [-0.4, -0.2) is 177 Å². The number of aliphatic hydroxyl groups excluding tert-OH is 8. The van der Waals surface area contributed by atoms with E-state index in [9.17, 15) is 69.6 Å². The van der Waals surface area contributed by atoms with Crippen molar-refractivity contribution in [2.24, 2.45) is 0 Å². The number of aliphatic hydroxyl groups is 8. The predicted octanol–water partition coefficient (Wildman–Crippen LogP) is -0.998. The summed E-state index contributed by atoms with van der Waals surface area (Å²) >= 11 is 9.00. The van der Waals surface area contributed by atoms with Crippen LogP contribution in [0.25, 0.3) is 0 Å². The van der Waals surface area contributed by atoms with Crippen LogP contribution in [0.3, 0.4) is 0 Å². The fraction of sp³-hybridized carbons (Fsp3) is 0.471. The van der Waals surface area contributed by atoms with Crippen LogP contribution in [0.2, 0.25) is 0 Å². The summed E-state index contributed by atoms with van der Waals surface area (Å²) in [6.45, 7) is -2.11. The monoisotopic (exact) mass is 1390 g/mol. The average Bonchev–Trinajstić information content (AvgIpc) is 3.20. The maximum absolute atomic E-state index is 14.1. The van der Waals surface area contributed by atoms with Crippen molar-refractivity contribution >= 4 is 160 Å². The molecule has 2 aromatic carbocycles. The van der Waals surface area contributed by atoms with E-state index in [4.69, 9.17) is 0 Å². The zero-order chi connectivity index (χ0) is 45.0. The molecule has 2 aromatic rings. The van der Waals surface area contributed by atoms with E-state index in [-0.39, 0.29) is 89.6 Å². The lowest BCUT2D eigenvalue weighted by molar-refractivity contribution is -0.126. The van der Waals surface area contributed by atoms with Gasteiger partial charge in [0.25, 0.3) is 35.4 Å². The topological polar surface area (TPSA) is 319 Å². The first-order valence-electron chi connectivity index (χ1n) is 17.2. The Labute approximate surface area is 406 Å². The van der Waals surface area contributed by atoms with E-state index in [1.165, 1.54) is 30.8 Å². The van der Waals surface area contributed by atoms with Crippen LogP contribution in [0.4, 0.5) is 11.4 Å². The molecule has 20 nitrogen and oxygen atoms in total. The van der Waals surface area contributed by atoms with Crippen LogP contribution < -0.4 is 21.3 Å². The minimum Gasteiger partial charge on any atom is -0.394 e. The number of carbonyl (C=O) groups excluding carboxylic acids is 6. The smallest absolute Gasteiger partial charge is 0.255 e. The minimum atomic E-state index is -1.81. The van der Waals surface area contributed by atoms with E-state index in [1.807, 2.05) is 67.8 Å². The van der Waals surface area contributed by atoms with Gasteiger partial charge in [0.1, 0.15) is 0 Å². The van der Waals surface area contributed by atoms with Gasteiger partial charge in [-0.3, -0.25) is 28.8 Å². The van der Waals surface area contributed by atoms with Crippen molar-refractivity contribution < 1.29 is 69.6 Å². The molecule has 25 heteroatoms. The van der Waals surface area contributed by atoms with E-state index in [0.29, 0.717) is 0 Å². The van der Waals surface area contributed by atoms with Crippen LogP contribution in [0, 0.1) is 24.8 Å². The van der Waals surface area contributed by atoms with Crippen molar-refractivity contribution in [1.29, 1.82) is 0 Å². The molecule has 328 valence electrons. The third kappa shape index (κ3) is 13.8. The molecule has 0 radical (unpaired) electrons. The van der Waals surface area contributed by atoms with Gasteiger partial charge in [-0.1, -0.05) is 0 Å². The molecule has 4 unspecified atom stereocenters. The van der Waals surface area contributed by atoms with E-state index in [0.717, 1.165) is 0 Å². The minimum absolute atomic E-state index is 0.000558. The fourth-order valence-corrected chi connectivity index (χ4v) is 12.1.